The summed E-state index contributed by atoms with van der Waals surface area (Å²) in [6.07, 6.45) is 2.61. The minimum atomic E-state index is -0.111. The van der Waals surface area contributed by atoms with Crippen molar-refractivity contribution in [3.63, 3.8) is 0 Å². The molecule has 1 aliphatic carbocycles. The highest BCUT2D eigenvalue weighted by Gasteiger charge is 2.29. The van der Waals surface area contributed by atoms with Crippen LogP contribution in [0.15, 0.2) is 30.3 Å². The highest BCUT2D eigenvalue weighted by atomic mass is 16.1. The number of ketones is 1. The minimum absolute atomic E-state index is 0.111. The van der Waals surface area contributed by atoms with Gasteiger partial charge in [0.2, 0.25) is 0 Å². The van der Waals surface area contributed by atoms with E-state index in [1.54, 1.807) is 6.92 Å². The molecule has 2 nitrogen and oxygen atoms in total. The molecule has 2 atom stereocenters. The molecule has 2 rings (SSSR count). The molecule has 84 valence electrons. The molecule has 1 aromatic rings. The van der Waals surface area contributed by atoms with E-state index in [1.807, 2.05) is 18.2 Å². The molecule has 1 fully saturated rings. The number of rotatable bonds is 2. The lowest BCUT2D eigenvalue weighted by Gasteiger charge is -2.28. The topological polar surface area (TPSA) is 40.9 Å². The molecule has 0 saturated heterocycles. The number of carbonyl (C=O) groups is 1. The molecule has 1 N–H and O–H groups in total. The summed E-state index contributed by atoms with van der Waals surface area (Å²) in [5.74, 6) is 0.473. The van der Waals surface area contributed by atoms with Crippen molar-refractivity contribution < 1.29 is 4.79 Å². The van der Waals surface area contributed by atoms with Gasteiger partial charge in [0, 0.05) is 5.71 Å². The molecule has 16 heavy (non-hydrogen) atoms. The van der Waals surface area contributed by atoms with Gasteiger partial charge in [0.15, 0.2) is 0 Å². The predicted octanol–water partition coefficient (Wildman–Crippen LogP) is 3.18. The van der Waals surface area contributed by atoms with E-state index in [2.05, 4.69) is 12.1 Å². The summed E-state index contributed by atoms with van der Waals surface area (Å²) in [6.45, 7) is 1.60. The number of carbonyl (C=O) groups excluding carboxylic acids is 1. The highest BCUT2D eigenvalue weighted by Crippen LogP contribution is 2.33. The Morgan fingerprint density at radius 3 is 2.50 bits per heavy atom. The van der Waals surface area contributed by atoms with Gasteiger partial charge in [-0.3, -0.25) is 4.79 Å². The van der Waals surface area contributed by atoms with Gasteiger partial charge in [-0.15, -0.1) is 0 Å². The molecule has 0 amide bonds. The number of nitrogens with one attached hydrogen (secondary N) is 1. The third-order valence-electron chi connectivity index (χ3n) is 3.45. The zero-order valence-electron chi connectivity index (χ0n) is 9.57. The second kappa shape index (κ2) is 4.60. The SMILES string of the molecule is CC(=O)C1CC[C@H](c2ccccc2)CC1=N. The standard InChI is InChI=1S/C14H17NO/c1-10(16)13-8-7-12(9-14(13)15)11-5-3-2-4-6-11/h2-6,12-13,15H,7-9H2,1H3/t12-,13?/m0/s1. The monoisotopic (exact) mass is 215 g/mol. The maximum Gasteiger partial charge on any atom is 0.138 e. The molecule has 1 saturated carbocycles. The summed E-state index contributed by atoms with van der Waals surface area (Å²) in [7, 11) is 0. The number of benzene rings is 1. The first-order valence-corrected chi connectivity index (χ1v) is 5.81. The number of hydrogen-bond acceptors (Lipinski definition) is 2. The lowest BCUT2D eigenvalue weighted by atomic mass is 9.76. The van der Waals surface area contributed by atoms with Gasteiger partial charge in [0.1, 0.15) is 5.78 Å². The average molecular weight is 215 g/mol. The fraction of sp³-hybridized carbons (Fsp3) is 0.429. The van der Waals surface area contributed by atoms with Crippen LogP contribution < -0.4 is 0 Å². The highest BCUT2D eigenvalue weighted by molar-refractivity contribution is 6.03. The van der Waals surface area contributed by atoms with Crippen LogP contribution >= 0.6 is 0 Å². The molecule has 1 aromatic carbocycles. The van der Waals surface area contributed by atoms with E-state index in [0.29, 0.717) is 11.6 Å². The fourth-order valence-corrected chi connectivity index (χ4v) is 2.51. The van der Waals surface area contributed by atoms with Crippen molar-refractivity contribution in [3.05, 3.63) is 35.9 Å². The van der Waals surface area contributed by atoms with Crippen molar-refractivity contribution >= 4 is 11.5 Å². The van der Waals surface area contributed by atoms with Gasteiger partial charge in [0.05, 0.1) is 5.92 Å². The molecule has 0 radical (unpaired) electrons. The van der Waals surface area contributed by atoms with Crippen LogP contribution in [0.5, 0.6) is 0 Å². The van der Waals surface area contributed by atoms with Crippen LogP contribution in [-0.2, 0) is 4.79 Å². The number of Topliss-reactive ketones (excluding diaryl/α,β-unsaturated/α-hetero) is 1. The van der Waals surface area contributed by atoms with Crippen molar-refractivity contribution in [1.29, 1.82) is 5.41 Å². The first kappa shape index (κ1) is 11.1. The molecule has 1 aliphatic rings. The van der Waals surface area contributed by atoms with Crippen LogP contribution in [0, 0.1) is 11.3 Å². The lowest BCUT2D eigenvalue weighted by molar-refractivity contribution is -0.119. The minimum Gasteiger partial charge on any atom is -0.309 e. The van der Waals surface area contributed by atoms with Crippen molar-refractivity contribution in [2.24, 2.45) is 5.92 Å². The molecule has 1 unspecified atom stereocenters. The Balaban J connectivity index is 2.08. The van der Waals surface area contributed by atoms with Gasteiger partial charge in [-0.2, -0.15) is 0 Å². The van der Waals surface area contributed by atoms with Crippen LogP contribution in [0.1, 0.15) is 37.7 Å². The quantitative estimate of drug-likeness (QED) is 0.808. The summed E-state index contributed by atoms with van der Waals surface area (Å²) in [5, 5.41) is 7.94. The Kier molecular flexibility index (Phi) is 3.18. The van der Waals surface area contributed by atoms with Crippen molar-refractivity contribution in [2.75, 3.05) is 0 Å². The third kappa shape index (κ3) is 2.21. The van der Waals surface area contributed by atoms with Gasteiger partial charge in [-0.05, 0) is 37.7 Å². The van der Waals surface area contributed by atoms with Crippen LogP contribution in [0.2, 0.25) is 0 Å². The molecule has 0 aromatic heterocycles. The lowest BCUT2D eigenvalue weighted by Crippen LogP contribution is -2.28. The van der Waals surface area contributed by atoms with E-state index in [-0.39, 0.29) is 11.7 Å². The normalized spacial score (nSPS) is 25.4. The van der Waals surface area contributed by atoms with E-state index in [1.165, 1.54) is 5.56 Å². The Hall–Kier alpha value is -1.44. The molecule has 2 heteroatoms. The maximum atomic E-state index is 11.3. The van der Waals surface area contributed by atoms with Gasteiger partial charge in [-0.25, -0.2) is 0 Å². The van der Waals surface area contributed by atoms with Gasteiger partial charge < -0.3 is 5.41 Å². The first-order chi connectivity index (χ1) is 7.68. The van der Waals surface area contributed by atoms with E-state index in [0.717, 1.165) is 19.3 Å². The molecular formula is C14H17NO. The van der Waals surface area contributed by atoms with Gasteiger partial charge >= 0.3 is 0 Å². The molecule has 0 spiro atoms. The van der Waals surface area contributed by atoms with E-state index in [9.17, 15) is 4.79 Å². The van der Waals surface area contributed by atoms with Gasteiger partial charge in [-0.1, -0.05) is 30.3 Å². The average Bonchev–Trinajstić information content (AvgIpc) is 2.29. The summed E-state index contributed by atoms with van der Waals surface area (Å²) >= 11 is 0. The summed E-state index contributed by atoms with van der Waals surface area (Å²) < 4.78 is 0. The maximum absolute atomic E-state index is 11.3. The molecular weight excluding hydrogens is 198 g/mol. The Bertz CT molecular complexity index is 396. The number of hydrogen-bond donors (Lipinski definition) is 1. The van der Waals surface area contributed by atoms with Crippen molar-refractivity contribution in [2.45, 2.75) is 32.1 Å². The molecule has 0 bridgehead atoms. The molecule has 0 aliphatic heterocycles. The summed E-state index contributed by atoms with van der Waals surface area (Å²) in [5.41, 5.74) is 1.92. The zero-order valence-corrected chi connectivity index (χ0v) is 9.57. The second-order valence-corrected chi connectivity index (χ2v) is 4.58. The van der Waals surface area contributed by atoms with Crippen molar-refractivity contribution in [3.8, 4) is 0 Å². The first-order valence-electron chi connectivity index (χ1n) is 5.81. The van der Waals surface area contributed by atoms with E-state index in [4.69, 9.17) is 5.41 Å². The Labute approximate surface area is 96.2 Å². The predicted molar refractivity (Wildman–Crippen MR) is 64.9 cm³/mol. The van der Waals surface area contributed by atoms with Crippen LogP contribution in [0.4, 0.5) is 0 Å². The fourth-order valence-electron chi connectivity index (χ4n) is 2.51. The Morgan fingerprint density at radius 2 is 1.94 bits per heavy atom. The third-order valence-corrected chi connectivity index (χ3v) is 3.45. The van der Waals surface area contributed by atoms with Gasteiger partial charge in [0.25, 0.3) is 0 Å². The van der Waals surface area contributed by atoms with E-state index < -0.39 is 0 Å². The largest absolute Gasteiger partial charge is 0.309 e. The Morgan fingerprint density at radius 1 is 1.25 bits per heavy atom. The van der Waals surface area contributed by atoms with Crippen LogP contribution in [-0.4, -0.2) is 11.5 Å². The van der Waals surface area contributed by atoms with Crippen LogP contribution in [0.3, 0.4) is 0 Å². The molecule has 0 heterocycles. The summed E-state index contributed by atoms with van der Waals surface area (Å²) in [6, 6.07) is 10.3. The van der Waals surface area contributed by atoms with Crippen LogP contribution in [0.25, 0.3) is 0 Å². The van der Waals surface area contributed by atoms with E-state index >= 15 is 0 Å². The smallest absolute Gasteiger partial charge is 0.138 e. The summed E-state index contributed by atoms with van der Waals surface area (Å²) in [4.78, 5) is 11.3. The second-order valence-electron chi connectivity index (χ2n) is 4.58. The zero-order chi connectivity index (χ0) is 11.5. The van der Waals surface area contributed by atoms with Crippen molar-refractivity contribution in [1.82, 2.24) is 0 Å².